The van der Waals surface area contributed by atoms with E-state index in [9.17, 15) is 14.4 Å². The van der Waals surface area contributed by atoms with Gasteiger partial charge >= 0.3 is 0 Å². The number of halogens is 1. The van der Waals surface area contributed by atoms with Crippen LogP contribution in [0.5, 0.6) is 0 Å². The van der Waals surface area contributed by atoms with E-state index in [-0.39, 0.29) is 35.5 Å². The summed E-state index contributed by atoms with van der Waals surface area (Å²) in [6, 6.07) is 4.92. The molecule has 1 heterocycles. The van der Waals surface area contributed by atoms with Crippen LogP contribution in [0.3, 0.4) is 0 Å². The van der Waals surface area contributed by atoms with Gasteiger partial charge in [0.05, 0.1) is 11.8 Å². The third-order valence-electron chi connectivity index (χ3n) is 5.29. The van der Waals surface area contributed by atoms with E-state index < -0.39 is 6.04 Å². The molecule has 1 aromatic carbocycles. The number of amides is 3. The topological polar surface area (TPSA) is 66.5 Å². The van der Waals surface area contributed by atoms with E-state index in [2.05, 4.69) is 27.9 Å². The molecule has 3 atom stereocenters. The Balaban J connectivity index is 1.85. The maximum atomic E-state index is 13.1. The number of hydrogen-bond donors (Lipinski definition) is 1. The molecule has 1 aliphatic heterocycles. The Morgan fingerprint density at radius 1 is 1.19 bits per heavy atom. The van der Waals surface area contributed by atoms with Gasteiger partial charge in [-0.15, -0.1) is 0 Å². The number of fused-ring (bicyclic) bond motifs is 1. The van der Waals surface area contributed by atoms with Crippen molar-refractivity contribution in [2.24, 2.45) is 17.8 Å². The molecule has 2 aliphatic rings. The third-order valence-corrected chi connectivity index (χ3v) is 6.45. The molecule has 1 aromatic rings. The van der Waals surface area contributed by atoms with Crippen LogP contribution >= 0.6 is 22.6 Å². The molecule has 3 amide bonds. The molecule has 0 spiro atoms. The molecule has 0 radical (unpaired) electrons. The normalized spacial score (nSPS) is 22.9. The monoisotopic (exact) mass is 480 g/mol. The predicted molar refractivity (Wildman–Crippen MR) is 113 cm³/mol. The summed E-state index contributed by atoms with van der Waals surface area (Å²) < 4.78 is 1.05. The first kappa shape index (κ1) is 20.0. The van der Waals surface area contributed by atoms with Crippen molar-refractivity contribution in [3.05, 3.63) is 39.5 Å². The van der Waals surface area contributed by atoms with Gasteiger partial charge < -0.3 is 5.32 Å². The molecule has 3 unspecified atom stereocenters. The maximum absolute atomic E-state index is 13.1. The fourth-order valence-electron chi connectivity index (χ4n) is 3.81. The first-order valence-electron chi connectivity index (χ1n) is 9.38. The summed E-state index contributed by atoms with van der Waals surface area (Å²) in [4.78, 5) is 40.1. The summed E-state index contributed by atoms with van der Waals surface area (Å²) in [5.41, 5.74) is 1.82. The SMILES string of the molecule is Cc1ccc(NC(=O)C(CC(C)C)N2C(=O)C3CC=CCC3C2=O)cc1I. The number of hydrogen-bond acceptors (Lipinski definition) is 3. The van der Waals surface area contributed by atoms with E-state index in [4.69, 9.17) is 0 Å². The summed E-state index contributed by atoms with van der Waals surface area (Å²) in [5, 5.41) is 2.91. The molecule has 3 rings (SSSR count). The van der Waals surface area contributed by atoms with Crippen molar-refractivity contribution in [2.75, 3.05) is 5.32 Å². The number of carbonyl (C=O) groups is 3. The van der Waals surface area contributed by atoms with Gasteiger partial charge in [-0.2, -0.15) is 0 Å². The lowest BCUT2D eigenvalue weighted by Gasteiger charge is -2.27. The second kappa shape index (κ2) is 8.12. The molecule has 0 saturated carbocycles. The van der Waals surface area contributed by atoms with Crippen LogP contribution in [0.4, 0.5) is 5.69 Å². The number of rotatable bonds is 5. The van der Waals surface area contributed by atoms with Gasteiger partial charge in [-0.1, -0.05) is 32.1 Å². The molecule has 1 fully saturated rings. The Hall–Kier alpha value is -1.70. The number of aryl methyl sites for hydroxylation is 1. The molecule has 5 nitrogen and oxygen atoms in total. The number of benzene rings is 1. The van der Waals surface area contributed by atoms with Crippen molar-refractivity contribution in [1.82, 2.24) is 4.90 Å². The Kier molecular flexibility index (Phi) is 6.03. The third kappa shape index (κ3) is 4.10. The molecular weight excluding hydrogens is 455 g/mol. The van der Waals surface area contributed by atoms with Crippen molar-refractivity contribution >= 4 is 46.0 Å². The number of nitrogens with one attached hydrogen (secondary N) is 1. The second-order valence-corrected chi connectivity index (χ2v) is 8.96. The summed E-state index contributed by atoms with van der Waals surface area (Å²) in [5.74, 6) is -1.14. The molecule has 1 saturated heterocycles. The number of carbonyl (C=O) groups excluding carboxylic acids is 3. The van der Waals surface area contributed by atoms with Gasteiger partial charge in [-0.25, -0.2) is 0 Å². The van der Waals surface area contributed by atoms with Gasteiger partial charge in [0.2, 0.25) is 17.7 Å². The van der Waals surface area contributed by atoms with Gasteiger partial charge in [-0.3, -0.25) is 19.3 Å². The average molecular weight is 480 g/mol. The van der Waals surface area contributed by atoms with E-state index in [0.29, 0.717) is 24.9 Å². The van der Waals surface area contributed by atoms with Gasteiger partial charge in [0.1, 0.15) is 6.04 Å². The van der Waals surface area contributed by atoms with Crippen LogP contribution in [-0.2, 0) is 14.4 Å². The number of likely N-dealkylation sites (tertiary alicyclic amines) is 1. The average Bonchev–Trinajstić information content (AvgIpc) is 2.87. The minimum atomic E-state index is -0.769. The summed E-state index contributed by atoms with van der Waals surface area (Å²) in [6.07, 6.45) is 5.54. The van der Waals surface area contributed by atoms with Crippen LogP contribution in [0.1, 0.15) is 38.7 Å². The van der Waals surface area contributed by atoms with Crippen molar-refractivity contribution in [1.29, 1.82) is 0 Å². The first-order valence-corrected chi connectivity index (χ1v) is 10.5. The fourth-order valence-corrected chi connectivity index (χ4v) is 4.32. The number of nitrogens with zero attached hydrogens (tertiary/aromatic N) is 1. The Bertz CT molecular complexity index is 777. The van der Waals surface area contributed by atoms with E-state index in [1.807, 2.05) is 51.1 Å². The molecule has 0 bridgehead atoms. The Morgan fingerprint density at radius 2 is 1.78 bits per heavy atom. The summed E-state index contributed by atoms with van der Waals surface area (Å²) in [6.45, 7) is 6.00. The zero-order valence-electron chi connectivity index (χ0n) is 15.9. The molecule has 1 aliphatic carbocycles. The van der Waals surface area contributed by atoms with Crippen LogP contribution in [0.25, 0.3) is 0 Å². The van der Waals surface area contributed by atoms with Crippen LogP contribution < -0.4 is 5.32 Å². The smallest absolute Gasteiger partial charge is 0.247 e. The molecule has 27 heavy (non-hydrogen) atoms. The maximum Gasteiger partial charge on any atom is 0.247 e. The highest BCUT2D eigenvalue weighted by molar-refractivity contribution is 14.1. The lowest BCUT2D eigenvalue weighted by atomic mass is 9.85. The van der Waals surface area contributed by atoms with Gasteiger partial charge in [0.25, 0.3) is 0 Å². The predicted octanol–water partition coefficient (Wildman–Crippen LogP) is 3.90. The molecule has 0 aromatic heterocycles. The van der Waals surface area contributed by atoms with Gasteiger partial charge in [-0.05, 0) is 72.4 Å². The zero-order valence-corrected chi connectivity index (χ0v) is 18.0. The summed E-state index contributed by atoms with van der Waals surface area (Å²) >= 11 is 2.22. The van der Waals surface area contributed by atoms with E-state index >= 15 is 0 Å². The van der Waals surface area contributed by atoms with Crippen LogP contribution in [0, 0.1) is 28.2 Å². The largest absolute Gasteiger partial charge is 0.324 e. The van der Waals surface area contributed by atoms with Crippen molar-refractivity contribution in [2.45, 2.75) is 46.1 Å². The fraction of sp³-hybridized carbons (Fsp3) is 0.476. The molecular formula is C21H25IN2O3. The van der Waals surface area contributed by atoms with Crippen LogP contribution in [0.2, 0.25) is 0 Å². The standard InChI is InChI=1S/C21H25IN2O3/c1-12(2)10-18(19(25)23-14-9-8-13(3)17(22)11-14)24-20(26)15-6-4-5-7-16(15)21(24)27/h4-5,8-9,11-12,15-16,18H,6-7,10H2,1-3H3,(H,23,25). The second-order valence-electron chi connectivity index (χ2n) is 7.80. The van der Waals surface area contributed by atoms with E-state index in [1.54, 1.807) is 0 Å². The number of anilines is 1. The van der Waals surface area contributed by atoms with Crippen molar-refractivity contribution in [3.63, 3.8) is 0 Å². The van der Waals surface area contributed by atoms with E-state index in [1.165, 1.54) is 4.90 Å². The molecule has 6 heteroatoms. The van der Waals surface area contributed by atoms with Crippen molar-refractivity contribution < 1.29 is 14.4 Å². The molecule has 144 valence electrons. The number of allylic oxidation sites excluding steroid dienone is 2. The highest BCUT2D eigenvalue weighted by Crippen LogP contribution is 2.37. The molecule has 1 N–H and O–H groups in total. The van der Waals surface area contributed by atoms with E-state index in [0.717, 1.165) is 9.13 Å². The quantitative estimate of drug-likeness (QED) is 0.395. The number of imide groups is 1. The van der Waals surface area contributed by atoms with Crippen LogP contribution in [-0.4, -0.2) is 28.7 Å². The highest BCUT2D eigenvalue weighted by atomic mass is 127. The van der Waals surface area contributed by atoms with Gasteiger partial charge in [0, 0.05) is 9.26 Å². The van der Waals surface area contributed by atoms with Gasteiger partial charge in [0.15, 0.2) is 0 Å². The minimum absolute atomic E-state index is 0.181. The lowest BCUT2D eigenvalue weighted by Crippen LogP contribution is -2.48. The summed E-state index contributed by atoms with van der Waals surface area (Å²) in [7, 11) is 0. The zero-order chi connectivity index (χ0) is 19.7. The van der Waals surface area contributed by atoms with Crippen LogP contribution in [0.15, 0.2) is 30.4 Å². The Morgan fingerprint density at radius 3 is 2.30 bits per heavy atom. The Labute approximate surface area is 173 Å². The first-order chi connectivity index (χ1) is 12.8. The lowest BCUT2D eigenvalue weighted by molar-refractivity contribution is -0.147. The van der Waals surface area contributed by atoms with Crippen molar-refractivity contribution in [3.8, 4) is 0 Å². The highest BCUT2D eigenvalue weighted by Gasteiger charge is 2.51. The minimum Gasteiger partial charge on any atom is -0.324 e.